The van der Waals surface area contributed by atoms with Crippen LogP contribution >= 0.6 is 0 Å². The zero-order chi connectivity index (χ0) is 15.3. The van der Waals surface area contributed by atoms with Gasteiger partial charge in [0.05, 0.1) is 11.7 Å². The first-order valence-corrected chi connectivity index (χ1v) is 6.66. The standard InChI is InChI=1S/C14H16F3NO3/c15-14(16,17)21-13-4-2-1-3-11(13)12(19)9-20-10-5-7-18-8-6-10/h1-4,10,18H,5-9H2. The van der Waals surface area contributed by atoms with Gasteiger partial charge in [-0.05, 0) is 38.1 Å². The molecule has 1 saturated heterocycles. The second-order valence-electron chi connectivity index (χ2n) is 4.73. The molecule has 1 fully saturated rings. The van der Waals surface area contributed by atoms with Crippen LogP contribution in [0.15, 0.2) is 24.3 Å². The maximum atomic E-state index is 12.3. The second-order valence-corrected chi connectivity index (χ2v) is 4.73. The third-order valence-corrected chi connectivity index (χ3v) is 3.15. The summed E-state index contributed by atoms with van der Waals surface area (Å²) in [5, 5.41) is 3.16. The number of hydrogen-bond donors (Lipinski definition) is 1. The molecule has 0 aromatic heterocycles. The Balaban J connectivity index is 1.98. The minimum absolute atomic E-state index is 0.0362. The molecule has 1 aliphatic rings. The monoisotopic (exact) mass is 303 g/mol. The number of ketones is 1. The number of carbonyl (C=O) groups is 1. The van der Waals surface area contributed by atoms with Gasteiger partial charge in [-0.15, -0.1) is 13.2 Å². The van der Waals surface area contributed by atoms with Crippen LogP contribution in [0.1, 0.15) is 23.2 Å². The third kappa shape index (κ3) is 5.02. The summed E-state index contributed by atoms with van der Waals surface area (Å²) in [7, 11) is 0. The largest absolute Gasteiger partial charge is 0.573 e. The van der Waals surface area contributed by atoms with E-state index in [0.717, 1.165) is 32.0 Å². The van der Waals surface area contributed by atoms with E-state index >= 15 is 0 Å². The highest BCUT2D eigenvalue weighted by Crippen LogP contribution is 2.26. The van der Waals surface area contributed by atoms with Crippen molar-refractivity contribution >= 4 is 5.78 Å². The fourth-order valence-corrected chi connectivity index (χ4v) is 2.14. The van der Waals surface area contributed by atoms with E-state index < -0.39 is 17.9 Å². The van der Waals surface area contributed by atoms with Gasteiger partial charge in [-0.3, -0.25) is 4.79 Å². The van der Waals surface area contributed by atoms with Gasteiger partial charge >= 0.3 is 6.36 Å². The predicted molar refractivity (Wildman–Crippen MR) is 69.3 cm³/mol. The van der Waals surface area contributed by atoms with Crippen LogP contribution in [0, 0.1) is 0 Å². The molecular weight excluding hydrogens is 287 g/mol. The van der Waals surface area contributed by atoms with Crippen LogP contribution in [0.2, 0.25) is 0 Å². The summed E-state index contributed by atoms with van der Waals surface area (Å²) in [5.41, 5.74) is -0.122. The summed E-state index contributed by atoms with van der Waals surface area (Å²) in [6.45, 7) is 1.38. The van der Waals surface area contributed by atoms with Crippen molar-refractivity contribution in [3.8, 4) is 5.75 Å². The minimum atomic E-state index is -4.83. The van der Waals surface area contributed by atoms with Gasteiger partial charge in [-0.2, -0.15) is 0 Å². The van der Waals surface area contributed by atoms with Crippen LogP contribution in [-0.2, 0) is 4.74 Å². The normalized spacial score (nSPS) is 16.7. The number of ether oxygens (including phenoxy) is 2. The Bertz CT molecular complexity index is 485. The second kappa shape index (κ2) is 6.91. The third-order valence-electron chi connectivity index (χ3n) is 3.15. The molecule has 116 valence electrons. The Hall–Kier alpha value is -1.60. The van der Waals surface area contributed by atoms with Gasteiger partial charge in [0.1, 0.15) is 12.4 Å². The molecule has 1 heterocycles. The van der Waals surface area contributed by atoms with Crippen molar-refractivity contribution < 1.29 is 27.4 Å². The maximum absolute atomic E-state index is 12.3. The molecule has 0 bridgehead atoms. The van der Waals surface area contributed by atoms with Crippen molar-refractivity contribution in [2.45, 2.75) is 25.3 Å². The summed E-state index contributed by atoms with van der Waals surface area (Å²) in [5.74, 6) is -1.02. The smallest absolute Gasteiger partial charge is 0.405 e. The molecule has 1 aliphatic heterocycles. The number of halogens is 3. The first-order chi connectivity index (χ1) is 9.96. The Morgan fingerprint density at radius 2 is 1.90 bits per heavy atom. The van der Waals surface area contributed by atoms with Gasteiger partial charge in [0.2, 0.25) is 0 Å². The summed E-state index contributed by atoms with van der Waals surface area (Å²) in [6, 6.07) is 5.28. The van der Waals surface area contributed by atoms with E-state index in [-0.39, 0.29) is 18.3 Å². The maximum Gasteiger partial charge on any atom is 0.573 e. The van der Waals surface area contributed by atoms with Crippen LogP contribution in [0.5, 0.6) is 5.75 Å². The Morgan fingerprint density at radius 3 is 2.57 bits per heavy atom. The van der Waals surface area contributed by atoms with Gasteiger partial charge in [0, 0.05) is 0 Å². The molecule has 0 spiro atoms. The van der Waals surface area contributed by atoms with Gasteiger partial charge in [-0.1, -0.05) is 12.1 Å². The van der Waals surface area contributed by atoms with Crippen molar-refractivity contribution in [1.29, 1.82) is 0 Å². The fraction of sp³-hybridized carbons (Fsp3) is 0.500. The SMILES string of the molecule is O=C(COC1CCNCC1)c1ccccc1OC(F)(F)F. The van der Waals surface area contributed by atoms with Gasteiger partial charge in [-0.25, -0.2) is 0 Å². The van der Waals surface area contributed by atoms with E-state index in [4.69, 9.17) is 4.74 Å². The van der Waals surface area contributed by atoms with E-state index in [0.29, 0.717) is 0 Å². The van der Waals surface area contributed by atoms with Crippen LogP contribution < -0.4 is 10.1 Å². The Kier molecular flexibility index (Phi) is 5.19. The highest BCUT2D eigenvalue weighted by atomic mass is 19.4. The average Bonchev–Trinajstić information content (AvgIpc) is 2.45. The molecule has 7 heteroatoms. The van der Waals surface area contributed by atoms with Crippen molar-refractivity contribution in [2.24, 2.45) is 0 Å². The van der Waals surface area contributed by atoms with Crippen molar-refractivity contribution in [3.05, 3.63) is 29.8 Å². The summed E-state index contributed by atoms with van der Waals surface area (Å²) < 4.78 is 46.2. The zero-order valence-electron chi connectivity index (χ0n) is 11.3. The highest BCUT2D eigenvalue weighted by molar-refractivity contribution is 5.99. The molecule has 0 aliphatic carbocycles. The number of alkyl halides is 3. The van der Waals surface area contributed by atoms with Crippen LogP contribution in [0.25, 0.3) is 0 Å². The lowest BCUT2D eigenvalue weighted by atomic mass is 10.1. The number of para-hydroxylation sites is 1. The van der Waals surface area contributed by atoms with Crippen LogP contribution in [-0.4, -0.2) is 37.9 Å². The van der Waals surface area contributed by atoms with Gasteiger partial charge in [0.15, 0.2) is 5.78 Å². The molecule has 21 heavy (non-hydrogen) atoms. The first-order valence-electron chi connectivity index (χ1n) is 6.66. The molecule has 1 aromatic carbocycles. The van der Waals surface area contributed by atoms with Gasteiger partial charge in [0.25, 0.3) is 0 Å². The summed E-state index contributed by atoms with van der Waals surface area (Å²) in [4.78, 5) is 12.0. The number of nitrogens with one attached hydrogen (secondary N) is 1. The van der Waals surface area contributed by atoms with Crippen molar-refractivity contribution in [2.75, 3.05) is 19.7 Å². The van der Waals surface area contributed by atoms with Crippen molar-refractivity contribution in [1.82, 2.24) is 5.32 Å². The summed E-state index contributed by atoms with van der Waals surface area (Å²) in [6.07, 6.45) is -3.29. The lowest BCUT2D eigenvalue weighted by Crippen LogP contribution is -2.33. The highest BCUT2D eigenvalue weighted by Gasteiger charge is 2.32. The van der Waals surface area contributed by atoms with Gasteiger partial charge < -0.3 is 14.8 Å². The summed E-state index contributed by atoms with van der Waals surface area (Å²) >= 11 is 0. The molecule has 1 aromatic rings. The minimum Gasteiger partial charge on any atom is -0.405 e. The Labute approximate surface area is 120 Å². The number of hydrogen-bond acceptors (Lipinski definition) is 4. The molecule has 0 radical (unpaired) electrons. The lowest BCUT2D eigenvalue weighted by Gasteiger charge is -2.22. The van der Waals surface area contributed by atoms with E-state index in [1.165, 1.54) is 18.2 Å². The molecule has 4 nitrogen and oxygen atoms in total. The molecule has 0 saturated carbocycles. The number of Topliss-reactive ketones (excluding diaryl/α,β-unsaturated/α-hetero) is 1. The van der Waals surface area contributed by atoms with E-state index in [9.17, 15) is 18.0 Å². The quantitative estimate of drug-likeness (QED) is 0.849. The fourth-order valence-electron chi connectivity index (χ4n) is 2.14. The molecule has 0 unspecified atom stereocenters. The van der Waals surface area contributed by atoms with Crippen LogP contribution in [0.3, 0.4) is 0 Å². The lowest BCUT2D eigenvalue weighted by molar-refractivity contribution is -0.274. The van der Waals surface area contributed by atoms with Crippen molar-refractivity contribution in [3.63, 3.8) is 0 Å². The number of benzene rings is 1. The average molecular weight is 303 g/mol. The van der Waals surface area contributed by atoms with E-state index in [1.54, 1.807) is 0 Å². The molecule has 0 amide bonds. The molecule has 2 rings (SSSR count). The zero-order valence-corrected chi connectivity index (χ0v) is 11.3. The number of piperidine rings is 1. The van der Waals surface area contributed by atoms with E-state index in [2.05, 4.69) is 10.1 Å². The first kappa shape index (κ1) is 15.8. The van der Waals surface area contributed by atoms with E-state index in [1.807, 2.05) is 0 Å². The van der Waals surface area contributed by atoms with Crippen LogP contribution in [0.4, 0.5) is 13.2 Å². The molecule has 0 atom stereocenters. The molecule has 1 N–H and O–H groups in total. The topological polar surface area (TPSA) is 47.6 Å². The number of rotatable bonds is 5. The Morgan fingerprint density at radius 1 is 1.24 bits per heavy atom. The number of carbonyl (C=O) groups excluding carboxylic acids is 1. The predicted octanol–water partition coefficient (Wildman–Crippen LogP) is 2.54. The molecular formula is C14H16F3NO3.